The standard InChI is InChI=1S/C22H23Cl2N5OS2/c1-14(30)29(32-22-27-26-21(31-22)16-3-2-4-17(25)12-16)18-7-9-28(10-8-18)13-15-5-6-19(23)20(24)11-15/h2-6,11-12,18H,7-10,13,25H2,1H3. The van der Waals surface area contributed by atoms with Crippen LogP contribution < -0.4 is 5.73 Å². The number of piperidine rings is 1. The number of aromatic nitrogens is 2. The zero-order valence-electron chi connectivity index (χ0n) is 17.5. The van der Waals surface area contributed by atoms with Crippen LogP contribution in [0.25, 0.3) is 10.6 Å². The number of amides is 1. The molecule has 0 saturated carbocycles. The molecule has 0 aliphatic carbocycles. The molecule has 0 bridgehead atoms. The van der Waals surface area contributed by atoms with Crippen LogP contribution in [-0.4, -0.2) is 44.4 Å². The van der Waals surface area contributed by atoms with Gasteiger partial charge in [-0.15, -0.1) is 10.2 Å². The average Bonchev–Trinajstić information content (AvgIpc) is 3.24. The molecule has 1 aliphatic rings. The topological polar surface area (TPSA) is 75.3 Å². The summed E-state index contributed by atoms with van der Waals surface area (Å²) in [6.45, 7) is 4.23. The van der Waals surface area contributed by atoms with Crippen LogP contribution in [0.4, 0.5) is 5.69 Å². The molecule has 0 radical (unpaired) electrons. The van der Waals surface area contributed by atoms with Crippen molar-refractivity contribution in [2.75, 3.05) is 18.8 Å². The first-order valence-corrected chi connectivity index (χ1v) is 12.6. The van der Waals surface area contributed by atoms with Gasteiger partial charge in [-0.05, 0) is 42.7 Å². The van der Waals surface area contributed by atoms with Gasteiger partial charge in [0.05, 0.1) is 10.0 Å². The van der Waals surface area contributed by atoms with Gasteiger partial charge in [0, 0.05) is 55.8 Å². The number of nitrogens with zero attached hydrogens (tertiary/aromatic N) is 4. The van der Waals surface area contributed by atoms with Crippen molar-refractivity contribution in [1.29, 1.82) is 0 Å². The highest BCUT2D eigenvalue weighted by Gasteiger charge is 2.28. The highest BCUT2D eigenvalue weighted by Crippen LogP contribution is 2.35. The van der Waals surface area contributed by atoms with Crippen LogP contribution in [0.5, 0.6) is 0 Å². The van der Waals surface area contributed by atoms with Crippen molar-refractivity contribution in [2.45, 2.75) is 36.7 Å². The Kier molecular flexibility index (Phi) is 7.58. The Morgan fingerprint density at radius 1 is 1.19 bits per heavy atom. The molecule has 1 fully saturated rings. The van der Waals surface area contributed by atoms with Crippen molar-refractivity contribution in [3.63, 3.8) is 0 Å². The molecule has 3 aromatic rings. The third-order valence-electron chi connectivity index (χ3n) is 5.31. The molecule has 1 aromatic heterocycles. The SMILES string of the molecule is CC(=O)N(Sc1nnc(-c2cccc(N)c2)s1)C1CCN(Cc2ccc(Cl)c(Cl)c2)CC1. The summed E-state index contributed by atoms with van der Waals surface area (Å²) in [6, 6.07) is 13.5. The first-order chi connectivity index (χ1) is 15.4. The van der Waals surface area contributed by atoms with Crippen molar-refractivity contribution < 1.29 is 4.79 Å². The molecule has 4 rings (SSSR count). The van der Waals surface area contributed by atoms with Crippen molar-refractivity contribution in [2.24, 2.45) is 0 Å². The lowest BCUT2D eigenvalue weighted by Gasteiger charge is -2.36. The number of carbonyl (C=O) groups is 1. The molecule has 1 amide bonds. The van der Waals surface area contributed by atoms with E-state index < -0.39 is 0 Å². The van der Waals surface area contributed by atoms with Gasteiger partial charge in [0.25, 0.3) is 0 Å². The van der Waals surface area contributed by atoms with Gasteiger partial charge < -0.3 is 5.73 Å². The maximum Gasteiger partial charge on any atom is 0.229 e. The number of anilines is 1. The number of nitrogen functional groups attached to an aromatic ring is 1. The minimum absolute atomic E-state index is 0.0265. The first kappa shape index (κ1) is 23.3. The van der Waals surface area contributed by atoms with Gasteiger partial charge in [0.1, 0.15) is 5.01 Å². The fraction of sp³-hybridized carbons (Fsp3) is 0.318. The summed E-state index contributed by atoms with van der Waals surface area (Å²) in [5, 5.41) is 10.5. The van der Waals surface area contributed by atoms with Gasteiger partial charge in [-0.1, -0.05) is 52.7 Å². The van der Waals surface area contributed by atoms with E-state index in [0.717, 1.165) is 53.0 Å². The fourth-order valence-electron chi connectivity index (χ4n) is 3.72. The predicted molar refractivity (Wildman–Crippen MR) is 133 cm³/mol. The number of rotatable bonds is 6. The third kappa shape index (κ3) is 5.74. The first-order valence-electron chi connectivity index (χ1n) is 10.2. The normalized spacial score (nSPS) is 15.1. The average molecular weight is 509 g/mol. The number of benzene rings is 2. The minimum atomic E-state index is 0.0265. The molecule has 0 atom stereocenters. The molecule has 32 heavy (non-hydrogen) atoms. The Hall–Kier alpha value is -1.84. The fourth-order valence-corrected chi connectivity index (χ4v) is 5.98. The Balaban J connectivity index is 1.37. The van der Waals surface area contributed by atoms with Gasteiger partial charge >= 0.3 is 0 Å². The summed E-state index contributed by atoms with van der Waals surface area (Å²) < 4.78 is 2.59. The lowest BCUT2D eigenvalue weighted by atomic mass is 10.0. The molecular formula is C22H23Cl2N5OS2. The number of halogens is 2. The van der Waals surface area contributed by atoms with Crippen LogP contribution in [0.2, 0.25) is 10.0 Å². The smallest absolute Gasteiger partial charge is 0.229 e. The van der Waals surface area contributed by atoms with Crippen LogP contribution in [0, 0.1) is 0 Å². The molecule has 168 valence electrons. The number of nitrogens with two attached hydrogens (primary N) is 1. The molecule has 2 heterocycles. The highest BCUT2D eigenvalue weighted by atomic mass is 35.5. The zero-order chi connectivity index (χ0) is 22.7. The lowest BCUT2D eigenvalue weighted by molar-refractivity contribution is -0.125. The number of likely N-dealkylation sites (tertiary alicyclic amines) is 1. The molecule has 0 unspecified atom stereocenters. The second kappa shape index (κ2) is 10.4. The molecule has 2 aromatic carbocycles. The molecule has 1 aliphatic heterocycles. The van der Waals surface area contributed by atoms with E-state index >= 15 is 0 Å². The van der Waals surface area contributed by atoms with Gasteiger partial charge in [-0.3, -0.25) is 14.0 Å². The van der Waals surface area contributed by atoms with E-state index in [4.69, 9.17) is 28.9 Å². The summed E-state index contributed by atoms with van der Waals surface area (Å²) in [5.41, 5.74) is 8.63. The van der Waals surface area contributed by atoms with Gasteiger partial charge in [0.2, 0.25) is 5.91 Å². The Morgan fingerprint density at radius 2 is 1.97 bits per heavy atom. The minimum Gasteiger partial charge on any atom is -0.399 e. The van der Waals surface area contributed by atoms with E-state index in [1.54, 1.807) is 6.92 Å². The van der Waals surface area contributed by atoms with E-state index in [0.29, 0.717) is 15.7 Å². The van der Waals surface area contributed by atoms with Crippen molar-refractivity contribution in [1.82, 2.24) is 19.4 Å². The molecule has 10 heteroatoms. The molecular weight excluding hydrogens is 485 g/mol. The van der Waals surface area contributed by atoms with Crippen LogP contribution in [0.15, 0.2) is 46.8 Å². The summed E-state index contributed by atoms with van der Waals surface area (Å²) >= 11 is 15.0. The number of hydrogen-bond acceptors (Lipinski definition) is 7. The van der Waals surface area contributed by atoms with Gasteiger partial charge in [0.15, 0.2) is 4.34 Å². The highest BCUT2D eigenvalue weighted by molar-refractivity contribution is 7.99. The van der Waals surface area contributed by atoms with Crippen LogP contribution >= 0.6 is 46.5 Å². The Bertz CT molecular complexity index is 1100. The third-order valence-corrected chi connectivity index (χ3v) is 8.28. The maximum atomic E-state index is 12.4. The van der Waals surface area contributed by atoms with Gasteiger partial charge in [-0.2, -0.15) is 0 Å². The Labute approximate surface area is 205 Å². The van der Waals surface area contributed by atoms with E-state index in [1.165, 1.54) is 23.3 Å². The lowest BCUT2D eigenvalue weighted by Crippen LogP contribution is -2.43. The van der Waals surface area contributed by atoms with E-state index in [9.17, 15) is 4.79 Å². The summed E-state index contributed by atoms with van der Waals surface area (Å²) in [6.07, 6.45) is 1.80. The quantitative estimate of drug-likeness (QED) is 0.344. The second-order valence-corrected chi connectivity index (χ2v) is 10.7. The largest absolute Gasteiger partial charge is 0.399 e. The van der Waals surface area contributed by atoms with Crippen LogP contribution in [0.3, 0.4) is 0 Å². The summed E-state index contributed by atoms with van der Waals surface area (Å²) in [5.74, 6) is 0.0265. The second-order valence-electron chi connectivity index (χ2n) is 7.69. The van der Waals surface area contributed by atoms with E-state index in [-0.39, 0.29) is 11.9 Å². The van der Waals surface area contributed by atoms with Crippen LogP contribution in [0.1, 0.15) is 25.3 Å². The van der Waals surface area contributed by atoms with E-state index in [2.05, 4.69) is 15.1 Å². The molecule has 1 saturated heterocycles. The van der Waals surface area contributed by atoms with Crippen LogP contribution in [-0.2, 0) is 11.3 Å². The summed E-state index contributed by atoms with van der Waals surface area (Å²) in [7, 11) is 0. The number of carbonyl (C=O) groups excluding carboxylic acids is 1. The summed E-state index contributed by atoms with van der Waals surface area (Å²) in [4.78, 5) is 14.8. The predicted octanol–water partition coefficient (Wildman–Crippen LogP) is 5.61. The van der Waals surface area contributed by atoms with Crippen molar-refractivity contribution in [3.8, 4) is 10.6 Å². The van der Waals surface area contributed by atoms with Gasteiger partial charge in [-0.25, -0.2) is 0 Å². The van der Waals surface area contributed by atoms with Crippen molar-refractivity contribution in [3.05, 3.63) is 58.1 Å². The van der Waals surface area contributed by atoms with Crippen molar-refractivity contribution >= 4 is 58.1 Å². The molecule has 0 spiro atoms. The molecule has 6 nitrogen and oxygen atoms in total. The Morgan fingerprint density at radius 3 is 2.66 bits per heavy atom. The zero-order valence-corrected chi connectivity index (χ0v) is 20.6. The van der Waals surface area contributed by atoms with E-state index in [1.807, 2.05) is 46.8 Å². The number of hydrogen-bond donors (Lipinski definition) is 1. The maximum absolute atomic E-state index is 12.4. The monoisotopic (exact) mass is 507 g/mol. The molecule has 2 N–H and O–H groups in total.